The van der Waals surface area contributed by atoms with E-state index in [9.17, 15) is 14.7 Å². The first-order chi connectivity index (χ1) is 24.2. The summed E-state index contributed by atoms with van der Waals surface area (Å²) in [5.41, 5.74) is 2.94. The summed E-state index contributed by atoms with van der Waals surface area (Å²) in [6, 6.07) is 23.3. The Bertz CT molecular complexity index is 1710. The number of hydrogen-bond acceptors (Lipinski definition) is 12. The maximum absolute atomic E-state index is 13.4. The highest BCUT2D eigenvalue weighted by atomic mass is 16.5. The molecule has 1 aliphatic rings. The second-order valence-electron chi connectivity index (χ2n) is 11.3. The van der Waals surface area contributed by atoms with Gasteiger partial charge in [-0.25, -0.2) is 9.59 Å². The fourth-order valence-corrected chi connectivity index (χ4v) is 5.36. The van der Waals surface area contributed by atoms with Gasteiger partial charge in [0.15, 0.2) is 0 Å². The van der Waals surface area contributed by atoms with E-state index >= 15 is 0 Å². The third kappa shape index (κ3) is 10.2. The Morgan fingerprint density at radius 1 is 0.860 bits per heavy atom. The molecule has 12 heteroatoms. The monoisotopic (exact) mass is 685 g/mol. The van der Waals surface area contributed by atoms with E-state index in [2.05, 4.69) is 16.7 Å². The third-order valence-corrected chi connectivity index (χ3v) is 7.79. The minimum atomic E-state index is -0.746. The second-order valence-corrected chi connectivity index (χ2v) is 11.3. The molecule has 264 valence electrons. The van der Waals surface area contributed by atoms with Crippen LogP contribution in [0.5, 0.6) is 23.0 Å². The number of para-hydroxylation sites is 1. The number of nitrogens with one attached hydrogen (secondary N) is 2. The van der Waals surface area contributed by atoms with E-state index in [1.54, 1.807) is 87.7 Å². The molecular weight excluding hydrogens is 642 g/mol. The molecule has 3 aromatic carbocycles. The van der Waals surface area contributed by atoms with Gasteiger partial charge in [-0.2, -0.15) is 5.26 Å². The molecule has 0 spiro atoms. The van der Waals surface area contributed by atoms with Crippen molar-refractivity contribution in [1.29, 1.82) is 5.26 Å². The first kappa shape index (κ1) is 37.3. The number of esters is 2. The molecule has 3 aromatic rings. The SMILES string of the molecule is COC(=O)C1=C(C)NC(C)=C(C(=O)OCCCOc2ccc(OCCNCC(O)COc3ccccc3C#N)cc2)C1c1cccc(OC)c1. The highest BCUT2D eigenvalue weighted by Gasteiger charge is 2.38. The van der Waals surface area contributed by atoms with E-state index in [1.165, 1.54) is 7.11 Å². The van der Waals surface area contributed by atoms with Crippen LogP contribution < -0.4 is 29.6 Å². The van der Waals surface area contributed by atoms with Crippen LogP contribution in [0.25, 0.3) is 0 Å². The van der Waals surface area contributed by atoms with Gasteiger partial charge in [0, 0.05) is 30.9 Å². The van der Waals surface area contributed by atoms with Crippen molar-refractivity contribution in [2.24, 2.45) is 0 Å². The summed E-state index contributed by atoms with van der Waals surface area (Å²) in [5.74, 6) is 0.548. The first-order valence-corrected chi connectivity index (χ1v) is 16.2. The van der Waals surface area contributed by atoms with Crippen molar-refractivity contribution in [3.63, 3.8) is 0 Å². The van der Waals surface area contributed by atoms with Gasteiger partial charge in [-0.1, -0.05) is 24.3 Å². The van der Waals surface area contributed by atoms with Gasteiger partial charge in [0.05, 0.1) is 50.1 Å². The largest absolute Gasteiger partial charge is 0.497 e. The van der Waals surface area contributed by atoms with Gasteiger partial charge in [-0.05, 0) is 67.9 Å². The number of dihydropyridines is 1. The summed E-state index contributed by atoms with van der Waals surface area (Å²) in [6.45, 7) is 5.23. The van der Waals surface area contributed by atoms with Crippen molar-refractivity contribution in [1.82, 2.24) is 10.6 Å². The van der Waals surface area contributed by atoms with Gasteiger partial charge in [0.2, 0.25) is 0 Å². The molecule has 0 saturated carbocycles. The lowest BCUT2D eigenvalue weighted by Crippen LogP contribution is -2.33. The molecule has 0 aromatic heterocycles. The number of nitrogens with zero attached hydrogens (tertiary/aromatic N) is 1. The average Bonchev–Trinajstić information content (AvgIpc) is 3.13. The molecule has 50 heavy (non-hydrogen) atoms. The Hall–Kier alpha value is -5.51. The molecule has 1 aliphatic heterocycles. The number of benzene rings is 3. The molecule has 2 unspecified atom stereocenters. The predicted molar refractivity (Wildman–Crippen MR) is 185 cm³/mol. The number of carbonyl (C=O) groups excluding carboxylic acids is 2. The molecule has 12 nitrogen and oxygen atoms in total. The van der Waals surface area contributed by atoms with Crippen LogP contribution in [0, 0.1) is 11.3 Å². The molecular formula is C38H43N3O9. The van der Waals surface area contributed by atoms with Crippen LogP contribution in [0.15, 0.2) is 95.3 Å². The van der Waals surface area contributed by atoms with Crippen molar-refractivity contribution in [2.45, 2.75) is 32.3 Å². The minimum Gasteiger partial charge on any atom is -0.497 e. The molecule has 0 fully saturated rings. The Balaban J connectivity index is 1.18. The normalized spacial score (nSPS) is 14.6. The van der Waals surface area contributed by atoms with E-state index < -0.39 is 24.0 Å². The number of aliphatic hydroxyl groups excluding tert-OH is 1. The van der Waals surface area contributed by atoms with Gasteiger partial charge >= 0.3 is 11.9 Å². The maximum atomic E-state index is 13.4. The zero-order chi connectivity index (χ0) is 35.9. The van der Waals surface area contributed by atoms with Crippen molar-refractivity contribution in [3.05, 3.63) is 106 Å². The van der Waals surface area contributed by atoms with Gasteiger partial charge in [0.1, 0.15) is 48.4 Å². The maximum Gasteiger partial charge on any atom is 0.336 e. The number of allylic oxidation sites excluding steroid dienone is 2. The molecule has 0 aliphatic carbocycles. The van der Waals surface area contributed by atoms with E-state index in [1.807, 2.05) is 6.07 Å². The molecule has 0 radical (unpaired) electrons. The average molecular weight is 686 g/mol. The molecule has 0 saturated heterocycles. The number of carbonyl (C=O) groups is 2. The molecule has 3 N–H and O–H groups in total. The number of aliphatic hydroxyl groups is 1. The molecule has 0 amide bonds. The summed E-state index contributed by atoms with van der Waals surface area (Å²) in [5, 5.41) is 25.5. The summed E-state index contributed by atoms with van der Waals surface area (Å²) >= 11 is 0. The van der Waals surface area contributed by atoms with Crippen molar-refractivity contribution >= 4 is 11.9 Å². The molecule has 1 heterocycles. The Morgan fingerprint density at radius 2 is 1.54 bits per heavy atom. The summed E-state index contributed by atoms with van der Waals surface area (Å²) in [7, 11) is 2.86. The molecule has 2 atom stereocenters. The Morgan fingerprint density at radius 3 is 2.22 bits per heavy atom. The van der Waals surface area contributed by atoms with Gasteiger partial charge < -0.3 is 44.2 Å². The minimum absolute atomic E-state index is 0.0611. The van der Waals surface area contributed by atoms with Crippen LogP contribution >= 0.6 is 0 Å². The molecule has 4 rings (SSSR count). The number of ether oxygens (including phenoxy) is 6. The van der Waals surface area contributed by atoms with Crippen LogP contribution in [0.1, 0.15) is 37.3 Å². The van der Waals surface area contributed by atoms with Crippen LogP contribution in [-0.4, -0.2) is 76.9 Å². The lowest BCUT2D eigenvalue weighted by atomic mass is 9.80. The number of nitriles is 1. The topological polar surface area (TPSA) is 158 Å². The van der Waals surface area contributed by atoms with E-state index in [4.69, 9.17) is 33.7 Å². The summed E-state index contributed by atoms with van der Waals surface area (Å²) < 4.78 is 33.2. The van der Waals surface area contributed by atoms with Crippen LogP contribution in [0.2, 0.25) is 0 Å². The van der Waals surface area contributed by atoms with E-state index in [0.717, 1.165) is 0 Å². The summed E-state index contributed by atoms with van der Waals surface area (Å²) in [4.78, 5) is 26.3. The second kappa shape index (κ2) is 18.9. The lowest BCUT2D eigenvalue weighted by molar-refractivity contribution is -0.139. The Labute approximate surface area is 292 Å². The third-order valence-electron chi connectivity index (χ3n) is 7.79. The van der Waals surface area contributed by atoms with Gasteiger partial charge in [-0.15, -0.1) is 0 Å². The van der Waals surface area contributed by atoms with Gasteiger partial charge in [-0.3, -0.25) is 0 Å². The lowest BCUT2D eigenvalue weighted by Gasteiger charge is -2.30. The first-order valence-electron chi connectivity index (χ1n) is 16.2. The predicted octanol–water partition coefficient (Wildman–Crippen LogP) is 4.40. The van der Waals surface area contributed by atoms with E-state index in [-0.39, 0.29) is 13.2 Å². The van der Waals surface area contributed by atoms with Crippen LogP contribution in [0.3, 0.4) is 0 Å². The standard InChI is InChI=1S/C38H43N3O9/c1-25-34(37(43)46-4)36(27-10-7-11-32(21-27)45-3)35(26(2)41-25)38(44)49-19-8-18-47-30-13-15-31(16-14-30)48-20-17-40-23-29(42)24-50-33-12-6-5-9-28(33)22-39/h5-7,9-16,21,29,36,40-42H,8,17-20,23-24H2,1-4H3. The van der Waals surface area contributed by atoms with Crippen molar-refractivity contribution in [2.75, 3.05) is 53.7 Å². The quantitative estimate of drug-likeness (QED) is 0.128. The van der Waals surface area contributed by atoms with Crippen LogP contribution in [0.4, 0.5) is 0 Å². The van der Waals surface area contributed by atoms with E-state index in [0.29, 0.717) is 89.4 Å². The highest BCUT2D eigenvalue weighted by Crippen LogP contribution is 2.40. The zero-order valence-corrected chi connectivity index (χ0v) is 28.7. The Kier molecular flexibility index (Phi) is 14.1. The summed E-state index contributed by atoms with van der Waals surface area (Å²) in [6.07, 6.45) is -0.302. The number of hydrogen-bond donors (Lipinski definition) is 3. The van der Waals surface area contributed by atoms with Crippen LogP contribution in [-0.2, 0) is 19.1 Å². The smallest absolute Gasteiger partial charge is 0.336 e. The molecule has 0 bridgehead atoms. The number of methoxy groups -OCH3 is 2. The van der Waals surface area contributed by atoms with Crippen molar-refractivity contribution < 1.29 is 43.1 Å². The van der Waals surface area contributed by atoms with Crippen molar-refractivity contribution in [3.8, 4) is 29.1 Å². The zero-order valence-electron chi connectivity index (χ0n) is 28.7. The fraction of sp³-hybridized carbons (Fsp3) is 0.342. The highest BCUT2D eigenvalue weighted by molar-refractivity contribution is 5.99. The van der Waals surface area contributed by atoms with Gasteiger partial charge in [0.25, 0.3) is 0 Å². The number of rotatable bonds is 18. The fourth-order valence-electron chi connectivity index (χ4n) is 5.36.